The zero-order valence-corrected chi connectivity index (χ0v) is 15.0. The van der Waals surface area contributed by atoms with Gasteiger partial charge in [-0.25, -0.2) is 18.7 Å². The normalized spacial score (nSPS) is 15.8. The fraction of sp³-hybridized carbons (Fsp3) is 0.474. The van der Waals surface area contributed by atoms with Crippen molar-refractivity contribution < 1.29 is 8.78 Å². The summed E-state index contributed by atoms with van der Waals surface area (Å²) in [4.78, 5) is 13.5. The van der Waals surface area contributed by atoms with E-state index < -0.39 is 11.6 Å². The Balaban J connectivity index is 1.65. The van der Waals surface area contributed by atoms with Crippen LogP contribution in [0, 0.1) is 18.6 Å². The summed E-state index contributed by atoms with van der Waals surface area (Å²) < 4.78 is 27.2. The van der Waals surface area contributed by atoms with E-state index >= 15 is 0 Å². The van der Waals surface area contributed by atoms with Crippen LogP contribution < -0.4 is 4.90 Å². The van der Waals surface area contributed by atoms with Crippen LogP contribution in [-0.2, 0) is 6.54 Å². The predicted octanol–water partition coefficient (Wildman–Crippen LogP) is 3.51. The summed E-state index contributed by atoms with van der Waals surface area (Å²) in [6.07, 6.45) is 0. The standard InChI is InChI=1S/C19H24F2N4/c1-13(2)19-22-14(3)11-17(23-19)25-9-7-24(8-10-25)12-15-5-4-6-16(20)18(15)21/h4-6,11,13H,7-10,12H2,1-3H3. The van der Waals surface area contributed by atoms with Crippen LogP contribution in [0.1, 0.15) is 36.8 Å². The predicted molar refractivity (Wildman–Crippen MR) is 94.7 cm³/mol. The van der Waals surface area contributed by atoms with Gasteiger partial charge in [0.25, 0.3) is 0 Å². The van der Waals surface area contributed by atoms with E-state index in [9.17, 15) is 8.78 Å². The number of hydrogen-bond donors (Lipinski definition) is 0. The van der Waals surface area contributed by atoms with Gasteiger partial charge in [-0.05, 0) is 13.0 Å². The molecule has 1 aliphatic heterocycles. The first kappa shape index (κ1) is 17.7. The van der Waals surface area contributed by atoms with Crippen molar-refractivity contribution >= 4 is 5.82 Å². The molecule has 134 valence electrons. The molecule has 0 unspecified atom stereocenters. The Morgan fingerprint density at radius 2 is 1.80 bits per heavy atom. The maximum atomic E-state index is 13.8. The van der Waals surface area contributed by atoms with E-state index in [4.69, 9.17) is 0 Å². The Bertz CT molecular complexity index is 740. The molecule has 0 spiro atoms. The molecule has 0 saturated carbocycles. The second-order valence-electron chi connectivity index (χ2n) is 6.86. The van der Waals surface area contributed by atoms with Gasteiger partial charge >= 0.3 is 0 Å². The number of anilines is 1. The molecule has 1 aromatic carbocycles. The van der Waals surface area contributed by atoms with Crippen LogP contribution in [0.5, 0.6) is 0 Å². The van der Waals surface area contributed by atoms with Gasteiger partial charge in [-0.3, -0.25) is 4.90 Å². The lowest BCUT2D eigenvalue weighted by atomic mass is 10.1. The molecule has 0 radical (unpaired) electrons. The number of hydrogen-bond acceptors (Lipinski definition) is 4. The third-order valence-corrected chi connectivity index (χ3v) is 4.50. The molecule has 6 heteroatoms. The smallest absolute Gasteiger partial charge is 0.163 e. The van der Waals surface area contributed by atoms with Crippen LogP contribution in [0.2, 0.25) is 0 Å². The zero-order chi connectivity index (χ0) is 18.0. The molecule has 0 bridgehead atoms. The molecule has 0 amide bonds. The molecule has 1 saturated heterocycles. The summed E-state index contributed by atoms with van der Waals surface area (Å²) >= 11 is 0. The largest absolute Gasteiger partial charge is 0.354 e. The van der Waals surface area contributed by atoms with Crippen molar-refractivity contribution in [3.63, 3.8) is 0 Å². The minimum atomic E-state index is -0.784. The lowest BCUT2D eigenvalue weighted by molar-refractivity contribution is 0.245. The van der Waals surface area contributed by atoms with E-state index in [2.05, 4.69) is 33.6 Å². The van der Waals surface area contributed by atoms with E-state index in [0.29, 0.717) is 12.1 Å². The summed E-state index contributed by atoms with van der Waals surface area (Å²) in [6.45, 7) is 9.79. The number of piperazine rings is 1. The van der Waals surface area contributed by atoms with Crippen molar-refractivity contribution in [2.75, 3.05) is 31.1 Å². The van der Waals surface area contributed by atoms with Crippen molar-refractivity contribution in [2.45, 2.75) is 33.2 Å². The Kier molecular flexibility index (Phi) is 5.27. The molecule has 1 aromatic heterocycles. The molecular weight excluding hydrogens is 322 g/mol. The van der Waals surface area contributed by atoms with Gasteiger partial charge in [0.2, 0.25) is 0 Å². The third kappa shape index (κ3) is 4.12. The fourth-order valence-electron chi connectivity index (χ4n) is 3.04. The van der Waals surface area contributed by atoms with Gasteiger partial charge in [-0.1, -0.05) is 26.0 Å². The monoisotopic (exact) mass is 346 g/mol. The summed E-state index contributed by atoms with van der Waals surface area (Å²) in [5, 5.41) is 0. The van der Waals surface area contributed by atoms with Crippen molar-refractivity contribution in [3.8, 4) is 0 Å². The van der Waals surface area contributed by atoms with Crippen LogP contribution >= 0.6 is 0 Å². The summed E-state index contributed by atoms with van der Waals surface area (Å²) in [5.74, 6) is 0.578. The first-order valence-corrected chi connectivity index (χ1v) is 8.70. The molecule has 2 aromatic rings. The van der Waals surface area contributed by atoms with Gasteiger partial charge in [0.15, 0.2) is 11.6 Å². The van der Waals surface area contributed by atoms with E-state index in [-0.39, 0.29) is 5.92 Å². The number of aromatic nitrogens is 2. The molecule has 25 heavy (non-hydrogen) atoms. The highest BCUT2D eigenvalue weighted by molar-refractivity contribution is 5.40. The summed E-state index contributed by atoms with van der Waals surface area (Å²) in [6, 6.07) is 6.36. The summed E-state index contributed by atoms with van der Waals surface area (Å²) in [7, 11) is 0. The molecule has 0 atom stereocenters. The van der Waals surface area contributed by atoms with Gasteiger partial charge in [-0.15, -0.1) is 0 Å². The maximum Gasteiger partial charge on any atom is 0.163 e. The molecule has 3 rings (SSSR count). The van der Waals surface area contributed by atoms with Gasteiger partial charge in [0.1, 0.15) is 11.6 Å². The minimum Gasteiger partial charge on any atom is -0.354 e. The van der Waals surface area contributed by atoms with Crippen LogP contribution in [0.3, 0.4) is 0 Å². The van der Waals surface area contributed by atoms with Gasteiger partial charge < -0.3 is 4.90 Å². The van der Waals surface area contributed by atoms with Crippen LogP contribution in [0.4, 0.5) is 14.6 Å². The maximum absolute atomic E-state index is 13.8. The molecule has 1 aliphatic rings. The topological polar surface area (TPSA) is 32.3 Å². The quantitative estimate of drug-likeness (QED) is 0.848. The zero-order valence-electron chi connectivity index (χ0n) is 15.0. The van der Waals surface area contributed by atoms with Crippen molar-refractivity contribution in [1.29, 1.82) is 0 Å². The first-order valence-electron chi connectivity index (χ1n) is 8.70. The Morgan fingerprint density at radius 3 is 2.48 bits per heavy atom. The number of nitrogens with zero attached hydrogens (tertiary/aromatic N) is 4. The van der Waals surface area contributed by atoms with Crippen LogP contribution in [0.15, 0.2) is 24.3 Å². The lowest BCUT2D eigenvalue weighted by Gasteiger charge is -2.35. The van der Waals surface area contributed by atoms with E-state index in [1.807, 2.05) is 13.0 Å². The van der Waals surface area contributed by atoms with Crippen LogP contribution in [0.25, 0.3) is 0 Å². The van der Waals surface area contributed by atoms with E-state index in [1.165, 1.54) is 0 Å². The van der Waals surface area contributed by atoms with E-state index in [1.54, 1.807) is 12.1 Å². The lowest BCUT2D eigenvalue weighted by Crippen LogP contribution is -2.46. The molecule has 4 nitrogen and oxygen atoms in total. The highest BCUT2D eigenvalue weighted by Gasteiger charge is 2.21. The van der Waals surface area contributed by atoms with Crippen molar-refractivity contribution in [2.24, 2.45) is 0 Å². The second-order valence-corrected chi connectivity index (χ2v) is 6.86. The second kappa shape index (κ2) is 7.44. The van der Waals surface area contributed by atoms with Gasteiger partial charge in [0.05, 0.1) is 0 Å². The van der Waals surface area contributed by atoms with Crippen molar-refractivity contribution in [1.82, 2.24) is 14.9 Å². The number of rotatable bonds is 4. The number of benzene rings is 1. The highest BCUT2D eigenvalue weighted by atomic mass is 19.2. The Labute approximate surface area is 147 Å². The van der Waals surface area contributed by atoms with Crippen molar-refractivity contribution in [3.05, 3.63) is 53.0 Å². The molecule has 2 heterocycles. The summed E-state index contributed by atoms with van der Waals surface area (Å²) in [5.41, 5.74) is 1.38. The Morgan fingerprint density at radius 1 is 1.08 bits per heavy atom. The first-order chi connectivity index (χ1) is 11.9. The minimum absolute atomic E-state index is 0.288. The average Bonchev–Trinajstić information content (AvgIpc) is 2.59. The molecule has 0 N–H and O–H groups in total. The average molecular weight is 346 g/mol. The fourth-order valence-corrected chi connectivity index (χ4v) is 3.04. The third-order valence-electron chi connectivity index (χ3n) is 4.50. The number of aryl methyl sites for hydroxylation is 1. The van der Waals surface area contributed by atoms with Gasteiger partial charge in [-0.2, -0.15) is 0 Å². The molecule has 0 aliphatic carbocycles. The van der Waals surface area contributed by atoms with Crippen LogP contribution in [-0.4, -0.2) is 41.0 Å². The highest BCUT2D eigenvalue weighted by Crippen LogP contribution is 2.20. The Hall–Kier alpha value is -2.08. The van der Waals surface area contributed by atoms with E-state index in [0.717, 1.165) is 49.6 Å². The molecule has 1 fully saturated rings. The number of halogens is 2. The SMILES string of the molecule is Cc1cc(N2CCN(Cc3cccc(F)c3F)CC2)nc(C(C)C)n1. The molecular formula is C19H24F2N4. The van der Waals surface area contributed by atoms with Gasteiger partial charge in [0, 0.05) is 56.0 Å².